The van der Waals surface area contributed by atoms with E-state index in [4.69, 9.17) is 5.73 Å². The van der Waals surface area contributed by atoms with Crippen LogP contribution < -0.4 is 21.7 Å². The summed E-state index contributed by atoms with van der Waals surface area (Å²) in [5, 5.41) is 16.9. The number of amides is 3. The second-order valence-electron chi connectivity index (χ2n) is 8.41. The number of hydrogen-bond acceptors (Lipinski definition) is 5. The number of rotatable bonds is 13. The molecular weight excluding hydrogens is 376 g/mol. The minimum Gasteiger partial charge on any atom is -0.480 e. The van der Waals surface area contributed by atoms with E-state index in [-0.39, 0.29) is 30.7 Å². The third-order valence-corrected chi connectivity index (χ3v) is 4.62. The fraction of sp³-hybridized carbons (Fsp3) is 0.800. The lowest BCUT2D eigenvalue weighted by molar-refractivity contribution is -0.143. The maximum atomic E-state index is 12.6. The summed E-state index contributed by atoms with van der Waals surface area (Å²) in [6.45, 7) is 11.0. The van der Waals surface area contributed by atoms with Crippen molar-refractivity contribution in [1.82, 2.24) is 16.0 Å². The molecule has 0 aliphatic rings. The molecule has 9 nitrogen and oxygen atoms in total. The number of carboxylic acid groups (broad SMARTS) is 1. The Kier molecular flexibility index (Phi) is 12.2. The first kappa shape index (κ1) is 26.8. The van der Waals surface area contributed by atoms with Crippen LogP contribution in [0.4, 0.5) is 0 Å². The maximum absolute atomic E-state index is 12.6. The molecule has 0 aromatic rings. The zero-order chi connectivity index (χ0) is 22.7. The van der Waals surface area contributed by atoms with Gasteiger partial charge in [-0.1, -0.05) is 48.0 Å². The average molecular weight is 415 g/mol. The van der Waals surface area contributed by atoms with Crippen molar-refractivity contribution in [2.24, 2.45) is 23.5 Å². The molecule has 0 radical (unpaired) electrons. The summed E-state index contributed by atoms with van der Waals surface area (Å²) in [4.78, 5) is 48.3. The number of nitrogens with one attached hydrogen (secondary N) is 3. The van der Waals surface area contributed by atoms with Crippen LogP contribution in [0.15, 0.2) is 0 Å². The quantitative estimate of drug-likeness (QED) is 0.298. The van der Waals surface area contributed by atoms with Crippen LogP contribution in [-0.2, 0) is 19.2 Å². The lowest BCUT2D eigenvalue weighted by Gasteiger charge is -2.26. The first-order valence-corrected chi connectivity index (χ1v) is 10.2. The molecule has 0 spiro atoms. The molecule has 9 heteroatoms. The molecule has 0 saturated heterocycles. The minimum absolute atomic E-state index is 0.0818. The summed E-state index contributed by atoms with van der Waals surface area (Å²) < 4.78 is 0. The number of carbonyl (C=O) groups excluding carboxylic acids is 3. The van der Waals surface area contributed by atoms with Crippen LogP contribution in [-0.4, -0.2) is 53.5 Å². The van der Waals surface area contributed by atoms with Gasteiger partial charge in [0.25, 0.3) is 0 Å². The predicted octanol–water partition coefficient (Wildman–Crippen LogP) is 0.622. The van der Waals surface area contributed by atoms with E-state index in [1.54, 1.807) is 6.92 Å². The third kappa shape index (κ3) is 10.8. The first-order valence-electron chi connectivity index (χ1n) is 10.2. The predicted molar refractivity (Wildman–Crippen MR) is 111 cm³/mol. The Balaban J connectivity index is 4.93. The van der Waals surface area contributed by atoms with Gasteiger partial charge < -0.3 is 26.8 Å². The lowest BCUT2D eigenvalue weighted by atomic mass is 9.97. The van der Waals surface area contributed by atoms with Gasteiger partial charge in [0.05, 0.1) is 12.6 Å². The Labute approximate surface area is 173 Å². The van der Waals surface area contributed by atoms with Gasteiger partial charge in [-0.3, -0.25) is 14.4 Å². The van der Waals surface area contributed by atoms with Crippen molar-refractivity contribution < 1.29 is 24.3 Å². The van der Waals surface area contributed by atoms with Crippen molar-refractivity contribution in [3.05, 3.63) is 0 Å². The molecule has 3 amide bonds. The highest BCUT2D eigenvalue weighted by atomic mass is 16.4. The molecule has 29 heavy (non-hydrogen) atoms. The highest BCUT2D eigenvalue weighted by Crippen LogP contribution is 2.10. The van der Waals surface area contributed by atoms with Gasteiger partial charge in [-0.15, -0.1) is 0 Å². The second kappa shape index (κ2) is 13.1. The van der Waals surface area contributed by atoms with E-state index in [1.807, 2.05) is 34.6 Å². The molecule has 0 aliphatic carbocycles. The van der Waals surface area contributed by atoms with E-state index in [0.29, 0.717) is 12.8 Å². The number of carboxylic acids is 1. The molecule has 0 aromatic heterocycles. The molecule has 0 rings (SSSR count). The Hall–Kier alpha value is -2.16. The summed E-state index contributed by atoms with van der Waals surface area (Å²) in [6, 6.07) is -2.63. The number of aliphatic carboxylic acids is 1. The average Bonchev–Trinajstić information content (AvgIpc) is 2.61. The Bertz CT molecular complexity index is 565. The normalized spacial score (nSPS) is 15.3. The van der Waals surface area contributed by atoms with E-state index in [2.05, 4.69) is 16.0 Å². The fourth-order valence-electron chi connectivity index (χ4n) is 2.79. The topological polar surface area (TPSA) is 151 Å². The van der Waals surface area contributed by atoms with E-state index in [9.17, 15) is 24.3 Å². The zero-order valence-electron chi connectivity index (χ0n) is 18.5. The smallest absolute Gasteiger partial charge is 0.326 e. The van der Waals surface area contributed by atoms with Crippen LogP contribution in [0.2, 0.25) is 0 Å². The summed E-state index contributed by atoms with van der Waals surface area (Å²) in [5.41, 5.74) is 5.78. The standard InChI is InChI=1S/C20H38N4O5/c1-7-13(6)17(19(27)23-15(20(28)29)9-12(4)5)24-16(25)10-22-18(26)14(21)8-11(2)3/h11-15,17H,7-10,21H2,1-6H3,(H,22,26)(H,23,27)(H,24,25)(H,28,29). The van der Waals surface area contributed by atoms with Crippen LogP contribution in [0.5, 0.6) is 0 Å². The number of nitrogens with two attached hydrogens (primary N) is 1. The van der Waals surface area contributed by atoms with Crippen molar-refractivity contribution >= 4 is 23.7 Å². The molecule has 0 fully saturated rings. The second-order valence-corrected chi connectivity index (χ2v) is 8.41. The van der Waals surface area contributed by atoms with Gasteiger partial charge in [-0.05, 0) is 30.6 Å². The molecule has 4 atom stereocenters. The Morgan fingerprint density at radius 2 is 1.45 bits per heavy atom. The molecule has 4 unspecified atom stereocenters. The Morgan fingerprint density at radius 1 is 0.897 bits per heavy atom. The molecule has 0 aromatic carbocycles. The van der Waals surface area contributed by atoms with Crippen molar-refractivity contribution in [3.63, 3.8) is 0 Å². The van der Waals surface area contributed by atoms with Crippen LogP contribution >= 0.6 is 0 Å². The molecule has 0 aliphatic heterocycles. The van der Waals surface area contributed by atoms with E-state index in [0.717, 1.165) is 0 Å². The fourth-order valence-corrected chi connectivity index (χ4v) is 2.79. The van der Waals surface area contributed by atoms with Gasteiger partial charge in [0.1, 0.15) is 12.1 Å². The minimum atomic E-state index is -1.12. The Morgan fingerprint density at radius 3 is 1.90 bits per heavy atom. The number of carbonyl (C=O) groups is 4. The van der Waals surface area contributed by atoms with Crippen LogP contribution in [0.3, 0.4) is 0 Å². The SMILES string of the molecule is CCC(C)C(NC(=O)CNC(=O)C(N)CC(C)C)C(=O)NC(CC(C)C)C(=O)O. The first-order chi connectivity index (χ1) is 13.4. The van der Waals surface area contributed by atoms with E-state index < -0.39 is 41.8 Å². The molecule has 0 heterocycles. The van der Waals surface area contributed by atoms with Crippen molar-refractivity contribution in [1.29, 1.82) is 0 Å². The molecule has 0 saturated carbocycles. The van der Waals surface area contributed by atoms with Gasteiger partial charge in [-0.25, -0.2) is 4.79 Å². The van der Waals surface area contributed by atoms with Crippen LogP contribution in [0, 0.1) is 17.8 Å². The zero-order valence-corrected chi connectivity index (χ0v) is 18.5. The van der Waals surface area contributed by atoms with Crippen LogP contribution in [0.25, 0.3) is 0 Å². The van der Waals surface area contributed by atoms with E-state index >= 15 is 0 Å². The summed E-state index contributed by atoms with van der Waals surface area (Å²) in [6.07, 6.45) is 1.38. The van der Waals surface area contributed by atoms with Crippen molar-refractivity contribution in [2.75, 3.05) is 6.54 Å². The van der Waals surface area contributed by atoms with Crippen molar-refractivity contribution in [3.8, 4) is 0 Å². The van der Waals surface area contributed by atoms with Gasteiger partial charge in [-0.2, -0.15) is 0 Å². The van der Waals surface area contributed by atoms with E-state index in [1.165, 1.54) is 0 Å². The highest BCUT2D eigenvalue weighted by Gasteiger charge is 2.30. The largest absolute Gasteiger partial charge is 0.480 e. The maximum Gasteiger partial charge on any atom is 0.326 e. The molecule has 168 valence electrons. The van der Waals surface area contributed by atoms with Gasteiger partial charge in [0.15, 0.2) is 0 Å². The highest BCUT2D eigenvalue weighted by molar-refractivity contribution is 5.92. The van der Waals surface area contributed by atoms with Crippen molar-refractivity contribution in [2.45, 2.75) is 78.9 Å². The molecular formula is C20H38N4O5. The van der Waals surface area contributed by atoms with Gasteiger partial charge in [0.2, 0.25) is 17.7 Å². The third-order valence-electron chi connectivity index (χ3n) is 4.62. The lowest BCUT2D eigenvalue weighted by Crippen LogP contribution is -2.56. The number of hydrogen-bond donors (Lipinski definition) is 5. The molecule has 6 N–H and O–H groups in total. The monoisotopic (exact) mass is 414 g/mol. The summed E-state index contributed by atoms with van der Waals surface area (Å²) in [5.74, 6) is -2.52. The molecule has 0 bridgehead atoms. The van der Waals surface area contributed by atoms with Crippen LogP contribution in [0.1, 0.15) is 60.8 Å². The summed E-state index contributed by atoms with van der Waals surface area (Å²) in [7, 11) is 0. The van der Waals surface area contributed by atoms with Gasteiger partial charge >= 0.3 is 5.97 Å². The van der Waals surface area contributed by atoms with Gasteiger partial charge in [0, 0.05) is 0 Å². The summed E-state index contributed by atoms with van der Waals surface area (Å²) >= 11 is 0.